The van der Waals surface area contributed by atoms with E-state index < -0.39 is 6.09 Å². The molecule has 1 N–H and O–H groups in total. The molecule has 27 heavy (non-hydrogen) atoms. The van der Waals surface area contributed by atoms with E-state index in [9.17, 15) is 9.90 Å². The lowest BCUT2D eigenvalue weighted by Gasteiger charge is -2.16. The molecule has 1 saturated carbocycles. The molecule has 1 fully saturated rings. The quantitative estimate of drug-likeness (QED) is 0.865. The number of anilines is 1. The highest BCUT2D eigenvalue weighted by atomic mass is 16.7. The van der Waals surface area contributed by atoms with Gasteiger partial charge in [0.25, 0.3) is 0 Å². The molecule has 0 atom stereocenters. The second-order valence-electron chi connectivity index (χ2n) is 6.96. The molecular formula is C19H19N3O5. The number of ether oxygens (including phenoxy) is 3. The molecule has 5 rings (SSSR count). The standard InChI is InChI=1S/C19H19N3O5/c23-19(24)22-7-5-12-16(20-9-21-18(12)22)15-13(25-8-6-11-1-2-11)3-4-14-17(15)27-10-26-14/h3-4,9,11H,1-2,5-8,10H2,(H,23,24). The van der Waals surface area contributed by atoms with Gasteiger partial charge in [-0.3, -0.25) is 4.90 Å². The monoisotopic (exact) mass is 369 g/mol. The maximum atomic E-state index is 11.5. The summed E-state index contributed by atoms with van der Waals surface area (Å²) in [7, 11) is 0. The number of carbonyl (C=O) groups is 1. The highest BCUT2D eigenvalue weighted by Gasteiger charge is 2.33. The van der Waals surface area contributed by atoms with Gasteiger partial charge in [-0.1, -0.05) is 12.8 Å². The van der Waals surface area contributed by atoms with E-state index in [2.05, 4.69) is 9.97 Å². The first kappa shape index (κ1) is 16.2. The van der Waals surface area contributed by atoms with Gasteiger partial charge in [-0.05, 0) is 30.9 Å². The molecule has 8 heteroatoms. The number of carboxylic acid groups (broad SMARTS) is 1. The lowest BCUT2D eigenvalue weighted by atomic mass is 10.0. The molecule has 0 radical (unpaired) electrons. The van der Waals surface area contributed by atoms with Crippen molar-refractivity contribution < 1.29 is 24.1 Å². The van der Waals surface area contributed by atoms with E-state index in [4.69, 9.17) is 14.2 Å². The third kappa shape index (κ3) is 2.81. The van der Waals surface area contributed by atoms with E-state index in [0.29, 0.717) is 53.9 Å². The van der Waals surface area contributed by atoms with Crippen LogP contribution in [0.3, 0.4) is 0 Å². The normalized spacial score (nSPS) is 17.1. The number of amides is 1. The van der Waals surface area contributed by atoms with Crippen molar-refractivity contribution in [2.24, 2.45) is 5.92 Å². The first-order valence-electron chi connectivity index (χ1n) is 9.12. The molecule has 0 unspecified atom stereocenters. The van der Waals surface area contributed by atoms with Gasteiger partial charge >= 0.3 is 6.09 Å². The molecule has 2 aliphatic heterocycles. The Morgan fingerprint density at radius 1 is 1.30 bits per heavy atom. The van der Waals surface area contributed by atoms with Gasteiger partial charge in [0.15, 0.2) is 11.5 Å². The van der Waals surface area contributed by atoms with Gasteiger partial charge in [-0.15, -0.1) is 0 Å². The minimum absolute atomic E-state index is 0.141. The summed E-state index contributed by atoms with van der Waals surface area (Å²) in [6.45, 7) is 1.13. The first-order chi connectivity index (χ1) is 13.2. The largest absolute Gasteiger partial charge is 0.493 e. The van der Waals surface area contributed by atoms with Crippen LogP contribution < -0.4 is 19.1 Å². The zero-order valence-electron chi connectivity index (χ0n) is 14.7. The van der Waals surface area contributed by atoms with Crippen LogP contribution in [0.5, 0.6) is 17.2 Å². The predicted molar refractivity (Wildman–Crippen MR) is 95.5 cm³/mol. The Morgan fingerprint density at radius 3 is 3.00 bits per heavy atom. The SMILES string of the molecule is O=C(O)N1CCc2c(-c3c(OCCC4CC4)ccc4c3OCO4)ncnc21. The molecular weight excluding hydrogens is 350 g/mol. The second kappa shape index (κ2) is 6.29. The molecule has 1 aromatic carbocycles. The Labute approximate surface area is 155 Å². The maximum absolute atomic E-state index is 11.5. The summed E-state index contributed by atoms with van der Waals surface area (Å²) >= 11 is 0. The zero-order chi connectivity index (χ0) is 18.4. The molecule has 0 bridgehead atoms. The lowest BCUT2D eigenvalue weighted by Crippen LogP contribution is -2.27. The van der Waals surface area contributed by atoms with E-state index in [1.54, 1.807) is 0 Å². The van der Waals surface area contributed by atoms with Crippen LogP contribution in [0.2, 0.25) is 0 Å². The van der Waals surface area contributed by atoms with Crippen molar-refractivity contribution in [2.75, 3.05) is 24.8 Å². The van der Waals surface area contributed by atoms with Gasteiger partial charge in [0, 0.05) is 12.1 Å². The van der Waals surface area contributed by atoms with E-state index in [0.717, 1.165) is 17.9 Å². The van der Waals surface area contributed by atoms with E-state index in [-0.39, 0.29) is 6.79 Å². The summed E-state index contributed by atoms with van der Waals surface area (Å²) in [5.74, 6) is 3.10. The van der Waals surface area contributed by atoms with Crippen molar-refractivity contribution in [3.05, 3.63) is 24.0 Å². The van der Waals surface area contributed by atoms with E-state index in [1.807, 2.05) is 12.1 Å². The van der Waals surface area contributed by atoms with Crippen molar-refractivity contribution >= 4 is 11.9 Å². The Bertz CT molecular complexity index is 912. The summed E-state index contributed by atoms with van der Waals surface area (Å²) in [5, 5.41) is 9.40. The number of hydrogen-bond donors (Lipinski definition) is 1. The van der Waals surface area contributed by atoms with Crippen LogP contribution in [-0.4, -0.2) is 41.1 Å². The Morgan fingerprint density at radius 2 is 2.19 bits per heavy atom. The van der Waals surface area contributed by atoms with E-state index >= 15 is 0 Å². The van der Waals surface area contributed by atoms with Gasteiger partial charge in [-0.2, -0.15) is 0 Å². The maximum Gasteiger partial charge on any atom is 0.413 e. The Kier molecular flexibility index (Phi) is 3.77. The molecule has 140 valence electrons. The van der Waals surface area contributed by atoms with Crippen LogP contribution in [0.4, 0.5) is 10.6 Å². The molecule has 2 aromatic rings. The first-order valence-corrected chi connectivity index (χ1v) is 9.12. The van der Waals surface area contributed by atoms with Crippen molar-refractivity contribution in [1.82, 2.24) is 9.97 Å². The number of benzene rings is 1. The van der Waals surface area contributed by atoms with Crippen molar-refractivity contribution in [2.45, 2.75) is 25.7 Å². The third-order valence-corrected chi connectivity index (χ3v) is 5.21. The summed E-state index contributed by atoms with van der Waals surface area (Å²) in [4.78, 5) is 21.4. The second-order valence-corrected chi connectivity index (χ2v) is 6.96. The van der Waals surface area contributed by atoms with Crippen LogP contribution in [-0.2, 0) is 6.42 Å². The number of nitrogens with zero attached hydrogens (tertiary/aromatic N) is 3. The number of rotatable bonds is 5. The smallest absolute Gasteiger partial charge is 0.413 e. The minimum Gasteiger partial charge on any atom is -0.493 e. The summed E-state index contributed by atoms with van der Waals surface area (Å²) in [6.07, 6.45) is 4.51. The number of hydrogen-bond acceptors (Lipinski definition) is 6. The van der Waals surface area contributed by atoms with Gasteiger partial charge in [-0.25, -0.2) is 14.8 Å². The Balaban J connectivity index is 1.58. The highest BCUT2D eigenvalue weighted by molar-refractivity contribution is 5.91. The fraction of sp³-hybridized carbons (Fsp3) is 0.421. The molecule has 8 nitrogen and oxygen atoms in total. The molecule has 0 spiro atoms. The Hall–Kier alpha value is -3.03. The van der Waals surface area contributed by atoms with Crippen molar-refractivity contribution in [1.29, 1.82) is 0 Å². The molecule has 1 amide bonds. The van der Waals surface area contributed by atoms with Crippen LogP contribution in [0.1, 0.15) is 24.8 Å². The number of aromatic nitrogens is 2. The highest BCUT2D eigenvalue weighted by Crippen LogP contribution is 2.49. The predicted octanol–water partition coefficient (Wildman–Crippen LogP) is 3.09. The topological polar surface area (TPSA) is 94.0 Å². The molecule has 1 aromatic heterocycles. The summed E-state index contributed by atoms with van der Waals surface area (Å²) in [6, 6.07) is 3.71. The molecule has 3 heterocycles. The van der Waals surface area contributed by atoms with Crippen molar-refractivity contribution in [3.63, 3.8) is 0 Å². The molecule has 3 aliphatic rings. The summed E-state index contributed by atoms with van der Waals surface area (Å²) < 4.78 is 17.3. The van der Waals surface area contributed by atoms with Gasteiger partial charge in [0.1, 0.15) is 17.9 Å². The van der Waals surface area contributed by atoms with Crippen LogP contribution >= 0.6 is 0 Å². The van der Waals surface area contributed by atoms with Crippen LogP contribution in [0, 0.1) is 5.92 Å². The zero-order valence-corrected chi connectivity index (χ0v) is 14.7. The van der Waals surface area contributed by atoms with E-state index in [1.165, 1.54) is 24.1 Å². The summed E-state index contributed by atoms with van der Waals surface area (Å²) in [5.41, 5.74) is 2.15. The van der Waals surface area contributed by atoms with Gasteiger partial charge in [0.2, 0.25) is 6.79 Å². The van der Waals surface area contributed by atoms with Crippen molar-refractivity contribution in [3.8, 4) is 28.5 Å². The molecule has 0 saturated heterocycles. The fourth-order valence-corrected chi connectivity index (χ4v) is 3.64. The average molecular weight is 369 g/mol. The van der Waals surface area contributed by atoms with Crippen LogP contribution in [0.25, 0.3) is 11.3 Å². The average Bonchev–Trinajstić information content (AvgIpc) is 3.18. The van der Waals surface area contributed by atoms with Gasteiger partial charge in [0.05, 0.1) is 17.9 Å². The minimum atomic E-state index is -1.02. The molecule has 1 aliphatic carbocycles. The third-order valence-electron chi connectivity index (χ3n) is 5.21. The lowest BCUT2D eigenvalue weighted by molar-refractivity contribution is 0.174. The number of fused-ring (bicyclic) bond motifs is 2. The van der Waals surface area contributed by atoms with Crippen LogP contribution in [0.15, 0.2) is 18.5 Å². The van der Waals surface area contributed by atoms with Gasteiger partial charge < -0.3 is 19.3 Å². The fourth-order valence-electron chi connectivity index (χ4n) is 3.64.